The minimum Gasteiger partial charge on any atom is -0.289 e. The van der Waals surface area contributed by atoms with Crippen LogP contribution in [-0.2, 0) is 19.5 Å². The summed E-state index contributed by atoms with van der Waals surface area (Å²) in [5, 5.41) is 9.59. The van der Waals surface area contributed by atoms with E-state index in [2.05, 4.69) is 0 Å². The lowest BCUT2D eigenvalue weighted by atomic mass is 10.1. The number of aromatic nitrogens is 2. The Morgan fingerprint density at radius 2 is 1.62 bits per heavy atom. The number of hydroxylamine groups is 1. The first-order chi connectivity index (χ1) is 15.5. The smallest absolute Gasteiger partial charge is 0.289 e. The van der Waals surface area contributed by atoms with E-state index in [1.54, 1.807) is 47.9 Å². The molecule has 0 unspecified atom stereocenters. The number of aryl methyl sites for hydroxylation is 1. The van der Waals surface area contributed by atoms with E-state index >= 15 is 0 Å². The van der Waals surface area contributed by atoms with Crippen LogP contribution >= 0.6 is 11.6 Å². The Hall–Kier alpha value is -3.68. The molecule has 0 aliphatic heterocycles. The van der Waals surface area contributed by atoms with Crippen LogP contribution < -0.4 is 16.7 Å². The number of hydrogen-bond donors (Lipinski definition) is 2. The third-order valence-electron chi connectivity index (χ3n) is 5.31. The van der Waals surface area contributed by atoms with Crippen molar-refractivity contribution in [2.45, 2.75) is 19.5 Å². The molecule has 7 nitrogen and oxygen atoms in total. The van der Waals surface area contributed by atoms with Gasteiger partial charge in [-0.2, -0.15) is 0 Å². The molecule has 0 bridgehead atoms. The summed E-state index contributed by atoms with van der Waals surface area (Å²) in [5.41, 5.74) is 3.29. The van der Waals surface area contributed by atoms with Gasteiger partial charge in [0.25, 0.3) is 11.5 Å². The molecule has 0 aliphatic carbocycles. The molecule has 162 valence electrons. The predicted molar refractivity (Wildman–Crippen MR) is 122 cm³/mol. The Labute approximate surface area is 188 Å². The molecular weight excluding hydrogens is 430 g/mol. The van der Waals surface area contributed by atoms with Gasteiger partial charge in [-0.25, -0.2) is 10.3 Å². The van der Waals surface area contributed by atoms with Crippen LogP contribution in [0, 0.1) is 0 Å². The van der Waals surface area contributed by atoms with E-state index in [1.165, 1.54) is 9.13 Å². The third kappa shape index (κ3) is 4.34. The van der Waals surface area contributed by atoms with Crippen LogP contribution in [0.25, 0.3) is 10.9 Å². The van der Waals surface area contributed by atoms with E-state index in [0.29, 0.717) is 22.3 Å². The molecule has 0 spiro atoms. The quantitative estimate of drug-likeness (QED) is 0.349. The summed E-state index contributed by atoms with van der Waals surface area (Å²) in [4.78, 5) is 38.0. The summed E-state index contributed by atoms with van der Waals surface area (Å²) in [6, 6.07) is 21.0. The van der Waals surface area contributed by atoms with Crippen LogP contribution in [-0.4, -0.2) is 20.2 Å². The number of amides is 1. The highest BCUT2D eigenvalue weighted by Crippen LogP contribution is 2.17. The van der Waals surface area contributed by atoms with Crippen LogP contribution in [0.4, 0.5) is 0 Å². The number of nitrogens with zero attached hydrogens (tertiary/aromatic N) is 2. The van der Waals surface area contributed by atoms with Gasteiger partial charge in [-0.3, -0.25) is 23.9 Å². The molecule has 0 fully saturated rings. The molecule has 0 radical (unpaired) electrons. The summed E-state index contributed by atoms with van der Waals surface area (Å²) >= 11 is 6.16. The standard InChI is InChI=1S/C24H20ClN3O4/c25-19-10-11-20-21(14-19)28(15-17-6-8-18(9-7-17)22(29)26-32)24(31)27(23(20)30)13-12-16-4-2-1-3-5-16/h1-11,14,32H,12-13,15H2,(H,26,29). The zero-order valence-electron chi connectivity index (χ0n) is 17.0. The maximum absolute atomic E-state index is 13.3. The van der Waals surface area contributed by atoms with Crippen molar-refractivity contribution < 1.29 is 10.0 Å². The lowest BCUT2D eigenvalue weighted by Crippen LogP contribution is -2.40. The second kappa shape index (κ2) is 9.21. The number of benzene rings is 3. The van der Waals surface area contributed by atoms with Gasteiger partial charge in [0.05, 0.1) is 17.4 Å². The van der Waals surface area contributed by atoms with Gasteiger partial charge in [-0.1, -0.05) is 54.1 Å². The van der Waals surface area contributed by atoms with Gasteiger partial charge < -0.3 is 0 Å². The fraction of sp³-hybridized carbons (Fsp3) is 0.125. The summed E-state index contributed by atoms with van der Waals surface area (Å²) in [6.45, 7) is 0.429. The van der Waals surface area contributed by atoms with Crippen molar-refractivity contribution in [3.05, 3.63) is 115 Å². The maximum atomic E-state index is 13.3. The monoisotopic (exact) mass is 449 g/mol. The number of hydrogen-bond acceptors (Lipinski definition) is 4. The SMILES string of the molecule is O=C(NO)c1ccc(Cn2c(=O)n(CCc3ccccc3)c(=O)c3ccc(Cl)cc32)cc1. The molecule has 0 aliphatic rings. The van der Waals surface area contributed by atoms with E-state index in [1.807, 2.05) is 30.3 Å². The lowest BCUT2D eigenvalue weighted by Gasteiger charge is -2.15. The number of nitrogens with one attached hydrogen (secondary N) is 1. The van der Waals surface area contributed by atoms with E-state index < -0.39 is 11.6 Å². The summed E-state index contributed by atoms with van der Waals surface area (Å²) in [6.07, 6.45) is 0.542. The van der Waals surface area contributed by atoms with Gasteiger partial charge in [-0.05, 0) is 47.9 Å². The number of halogens is 1. The van der Waals surface area contributed by atoms with Crippen LogP contribution in [0.2, 0.25) is 5.02 Å². The van der Waals surface area contributed by atoms with Gasteiger partial charge in [0.2, 0.25) is 0 Å². The molecule has 32 heavy (non-hydrogen) atoms. The molecule has 1 amide bonds. The van der Waals surface area contributed by atoms with E-state index in [4.69, 9.17) is 16.8 Å². The third-order valence-corrected chi connectivity index (χ3v) is 5.55. The normalized spacial score (nSPS) is 10.9. The van der Waals surface area contributed by atoms with Gasteiger partial charge >= 0.3 is 5.69 Å². The molecule has 4 rings (SSSR count). The fourth-order valence-electron chi connectivity index (χ4n) is 3.63. The first kappa shape index (κ1) is 21.5. The molecule has 0 atom stereocenters. The number of rotatable bonds is 6. The molecule has 0 saturated heterocycles. The molecule has 2 N–H and O–H groups in total. The highest BCUT2D eigenvalue weighted by atomic mass is 35.5. The Morgan fingerprint density at radius 3 is 2.31 bits per heavy atom. The van der Waals surface area contributed by atoms with Crippen molar-refractivity contribution in [3.8, 4) is 0 Å². The van der Waals surface area contributed by atoms with Crippen LogP contribution in [0.5, 0.6) is 0 Å². The van der Waals surface area contributed by atoms with Crippen molar-refractivity contribution >= 4 is 28.4 Å². The number of fused-ring (bicyclic) bond motifs is 1. The van der Waals surface area contributed by atoms with Crippen molar-refractivity contribution in [3.63, 3.8) is 0 Å². The summed E-state index contributed by atoms with van der Waals surface area (Å²) in [7, 11) is 0. The van der Waals surface area contributed by atoms with Crippen molar-refractivity contribution in [2.24, 2.45) is 0 Å². The van der Waals surface area contributed by atoms with Gasteiger partial charge in [0.15, 0.2) is 0 Å². The van der Waals surface area contributed by atoms with Gasteiger partial charge in [-0.15, -0.1) is 0 Å². The maximum Gasteiger partial charge on any atom is 0.331 e. The Bertz CT molecular complexity index is 1390. The number of carbonyl (C=O) groups is 1. The molecule has 0 saturated carbocycles. The molecule has 3 aromatic carbocycles. The van der Waals surface area contributed by atoms with Crippen LogP contribution in [0.1, 0.15) is 21.5 Å². The zero-order valence-corrected chi connectivity index (χ0v) is 17.7. The fourth-order valence-corrected chi connectivity index (χ4v) is 3.80. The Kier molecular flexibility index (Phi) is 6.20. The lowest BCUT2D eigenvalue weighted by molar-refractivity contribution is 0.0706. The van der Waals surface area contributed by atoms with Crippen LogP contribution in [0.3, 0.4) is 0 Å². The molecule has 4 aromatic rings. The Balaban J connectivity index is 1.78. The first-order valence-electron chi connectivity index (χ1n) is 9.98. The zero-order chi connectivity index (χ0) is 22.7. The topological polar surface area (TPSA) is 93.3 Å². The molecule has 8 heteroatoms. The van der Waals surface area contributed by atoms with Gasteiger partial charge in [0, 0.05) is 17.1 Å². The van der Waals surface area contributed by atoms with Crippen molar-refractivity contribution in [1.82, 2.24) is 14.6 Å². The minimum atomic E-state index is -0.625. The average molecular weight is 450 g/mol. The van der Waals surface area contributed by atoms with Crippen molar-refractivity contribution in [2.75, 3.05) is 0 Å². The second-order valence-corrected chi connectivity index (χ2v) is 7.80. The van der Waals surface area contributed by atoms with E-state index in [-0.39, 0.29) is 24.2 Å². The molecule has 1 aromatic heterocycles. The van der Waals surface area contributed by atoms with Crippen molar-refractivity contribution in [1.29, 1.82) is 0 Å². The minimum absolute atomic E-state index is 0.183. The predicted octanol–water partition coefficient (Wildman–Crippen LogP) is 3.23. The summed E-state index contributed by atoms with van der Waals surface area (Å²) < 4.78 is 2.76. The highest BCUT2D eigenvalue weighted by Gasteiger charge is 2.14. The van der Waals surface area contributed by atoms with Gasteiger partial charge in [0.1, 0.15) is 0 Å². The molecular formula is C24H20ClN3O4. The molecule has 1 heterocycles. The second-order valence-electron chi connectivity index (χ2n) is 7.36. The average Bonchev–Trinajstić information content (AvgIpc) is 2.82. The van der Waals surface area contributed by atoms with Crippen LogP contribution in [0.15, 0.2) is 82.4 Å². The first-order valence-corrected chi connectivity index (χ1v) is 10.4. The largest absolute Gasteiger partial charge is 0.331 e. The van der Waals surface area contributed by atoms with E-state index in [0.717, 1.165) is 11.1 Å². The Morgan fingerprint density at radius 1 is 0.906 bits per heavy atom. The number of carbonyl (C=O) groups excluding carboxylic acids is 1. The summed E-state index contributed by atoms with van der Waals surface area (Å²) in [5.74, 6) is -0.625. The highest BCUT2D eigenvalue weighted by molar-refractivity contribution is 6.31. The van der Waals surface area contributed by atoms with E-state index in [9.17, 15) is 14.4 Å².